The van der Waals surface area contributed by atoms with E-state index < -0.39 is 20.0 Å². The summed E-state index contributed by atoms with van der Waals surface area (Å²) in [6.45, 7) is 1.57. The Balaban J connectivity index is 4.13. The van der Waals surface area contributed by atoms with Gasteiger partial charge in [0.25, 0.3) is 6.08 Å². The molecule has 0 radical (unpaired) electrons. The summed E-state index contributed by atoms with van der Waals surface area (Å²) in [5, 5.41) is 0. The van der Waals surface area contributed by atoms with E-state index in [2.05, 4.69) is 4.40 Å². The van der Waals surface area contributed by atoms with Gasteiger partial charge in [0.1, 0.15) is 0 Å². The van der Waals surface area contributed by atoms with E-state index in [1.54, 1.807) is 0 Å². The second-order valence-electron chi connectivity index (χ2n) is 3.06. The highest BCUT2D eigenvalue weighted by Gasteiger charge is 2.12. The minimum Gasteiger partial charge on any atom is -0.229 e. The van der Waals surface area contributed by atoms with Crippen LogP contribution in [0.25, 0.3) is 0 Å². The van der Waals surface area contributed by atoms with Gasteiger partial charge in [0.05, 0.1) is 11.5 Å². The summed E-state index contributed by atoms with van der Waals surface area (Å²) in [6, 6.07) is 0. The van der Waals surface area contributed by atoms with Gasteiger partial charge >= 0.3 is 10.2 Å². The van der Waals surface area contributed by atoms with Crippen LogP contribution in [-0.2, 0) is 24.8 Å². The second kappa shape index (κ2) is 6.74. The number of sulfone groups is 1. The summed E-state index contributed by atoms with van der Waals surface area (Å²) in [5.74, 6) is -0.275. The van der Waals surface area contributed by atoms with Crippen molar-refractivity contribution in [3.8, 4) is 0 Å². The molecule has 0 rings (SSSR count). The van der Waals surface area contributed by atoms with Crippen LogP contribution < -0.4 is 4.72 Å². The summed E-state index contributed by atoms with van der Waals surface area (Å²) < 4.78 is 48.5. The normalized spacial score (nSPS) is 12.1. The topological polar surface area (TPSA) is 110 Å². The molecule has 0 aliphatic heterocycles. The van der Waals surface area contributed by atoms with Crippen LogP contribution in [0.1, 0.15) is 19.8 Å². The lowest BCUT2D eigenvalue weighted by Gasteiger charge is -2.03. The standard InChI is InChI=1S/C7H14N2O5S2/c1-2-3-5-15(11,12)6-4-8-16(13,14)9-7-10/h8H,2-6H2,1H3. The Labute approximate surface area is 95.1 Å². The van der Waals surface area contributed by atoms with Gasteiger partial charge in [-0.3, -0.25) is 0 Å². The van der Waals surface area contributed by atoms with E-state index in [1.165, 1.54) is 0 Å². The molecule has 0 aliphatic rings. The molecule has 9 heteroatoms. The molecule has 0 atom stereocenters. The Morgan fingerprint density at radius 3 is 2.31 bits per heavy atom. The number of hydrogen-bond acceptors (Lipinski definition) is 5. The summed E-state index contributed by atoms with van der Waals surface area (Å²) in [7, 11) is -7.34. The van der Waals surface area contributed by atoms with Gasteiger partial charge in [0, 0.05) is 6.54 Å². The number of carbonyl (C=O) groups excluding carboxylic acids is 1. The van der Waals surface area contributed by atoms with E-state index in [9.17, 15) is 21.6 Å². The fraction of sp³-hybridized carbons (Fsp3) is 0.857. The molecule has 0 spiro atoms. The van der Waals surface area contributed by atoms with Crippen LogP contribution in [0.2, 0.25) is 0 Å². The average Bonchev–Trinajstić information content (AvgIpc) is 2.14. The molecule has 0 unspecified atom stereocenters. The third-order valence-electron chi connectivity index (χ3n) is 1.66. The molecule has 0 fully saturated rings. The van der Waals surface area contributed by atoms with Crippen molar-refractivity contribution in [2.45, 2.75) is 19.8 Å². The molecule has 0 aromatic carbocycles. The maximum absolute atomic E-state index is 11.3. The van der Waals surface area contributed by atoms with Crippen molar-refractivity contribution in [2.75, 3.05) is 18.1 Å². The first kappa shape index (κ1) is 15.2. The van der Waals surface area contributed by atoms with E-state index in [0.717, 1.165) is 12.5 Å². The summed E-state index contributed by atoms with van der Waals surface area (Å²) in [4.78, 5) is 9.69. The minimum atomic E-state index is -4.09. The van der Waals surface area contributed by atoms with Crippen molar-refractivity contribution < 1.29 is 21.6 Å². The van der Waals surface area contributed by atoms with E-state index in [4.69, 9.17) is 0 Å². The number of hydrogen-bond donors (Lipinski definition) is 1. The lowest BCUT2D eigenvalue weighted by atomic mass is 10.4. The number of nitrogens with one attached hydrogen (secondary N) is 1. The Hall–Kier alpha value is -0.760. The zero-order valence-electron chi connectivity index (χ0n) is 8.84. The van der Waals surface area contributed by atoms with Gasteiger partial charge in [0.2, 0.25) is 0 Å². The molecule has 16 heavy (non-hydrogen) atoms. The highest BCUT2D eigenvalue weighted by Crippen LogP contribution is 1.96. The first-order valence-corrected chi connectivity index (χ1v) is 7.88. The highest BCUT2D eigenvalue weighted by molar-refractivity contribution is 7.91. The van der Waals surface area contributed by atoms with Crippen molar-refractivity contribution in [1.29, 1.82) is 0 Å². The van der Waals surface area contributed by atoms with Gasteiger partial charge < -0.3 is 0 Å². The molecule has 0 bridgehead atoms. The fourth-order valence-corrected chi connectivity index (χ4v) is 2.87. The van der Waals surface area contributed by atoms with Gasteiger partial charge in [-0.1, -0.05) is 17.7 Å². The van der Waals surface area contributed by atoms with E-state index >= 15 is 0 Å². The highest BCUT2D eigenvalue weighted by atomic mass is 32.2. The monoisotopic (exact) mass is 270 g/mol. The third-order valence-corrected chi connectivity index (χ3v) is 4.28. The maximum Gasteiger partial charge on any atom is 0.330 e. The number of nitrogens with zero attached hydrogens (tertiary/aromatic N) is 1. The molecule has 0 heterocycles. The molecule has 7 nitrogen and oxygen atoms in total. The summed E-state index contributed by atoms with van der Waals surface area (Å²) in [5.41, 5.74) is 0. The van der Waals surface area contributed by atoms with Crippen LogP contribution in [0.15, 0.2) is 4.40 Å². The molecule has 0 aliphatic carbocycles. The van der Waals surface area contributed by atoms with Gasteiger partial charge in [0.15, 0.2) is 9.84 Å². The summed E-state index contributed by atoms with van der Waals surface area (Å²) >= 11 is 0. The van der Waals surface area contributed by atoms with Crippen LogP contribution in [0.5, 0.6) is 0 Å². The van der Waals surface area contributed by atoms with E-state index in [0.29, 0.717) is 6.42 Å². The van der Waals surface area contributed by atoms with Gasteiger partial charge in [-0.05, 0) is 6.42 Å². The Kier molecular flexibility index (Phi) is 6.42. The SMILES string of the molecule is CCCCS(=O)(=O)CCNS(=O)(=O)N=C=O. The molecular weight excluding hydrogens is 256 g/mol. The number of isocyanates is 1. The number of rotatable bonds is 8. The minimum absolute atomic E-state index is 0.0299. The van der Waals surface area contributed by atoms with Crippen molar-refractivity contribution >= 4 is 26.1 Å². The van der Waals surface area contributed by atoms with Gasteiger partial charge in [-0.15, -0.1) is 0 Å². The Morgan fingerprint density at radius 1 is 1.19 bits per heavy atom. The third kappa shape index (κ3) is 7.52. The molecule has 0 amide bonds. The summed E-state index contributed by atoms with van der Waals surface area (Å²) in [6.07, 6.45) is 2.16. The smallest absolute Gasteiger partial charge is 0.229 e. The number of unbranched alkanes of at least 4 members (excludes halogenated alkanes) is 1. The van der Waals surface area contributed by atoms with Crippen LogP contribution in [0.4, 0.5) is 0 Å². The molecule has 94 valence electrons. The quantitative estimate of drug-likeness (QED) is 0.466. The van der Waals surface area contributed by atoms with Gasteiger partial charge in [-0.25, -0.2) is 13.2 Å². The van der Waals surface area contributed by atoms with E-state index in [-0.39, 0.29) is 18.1 Å². The zero-order valence-corrected chi connectivity index (χ0v) is 10.5. The van der Waals surface area contributed by atoms with Crippen LogP contribution in [0.3, 0.4) is 0 Å². The molecule has 0 aromatic rings. The maximum atomic E-state index is 11.3. The molecular formula is C7H14N2O5S2. The Bertz CT molecular complexity index is 447. The first-order chi connectivity index (χ1) is 7.33. The van der Waals surface area contributed by atoms with Crippen molar-refractivity contribution in [1.82, 2.24) is 4.72 Å². The van der Waals surface area contributed by atoms with Crippen molar-refractivity contribution in [3.63, 3.8) is 0 Å². The predicted octanol–water partition coefficient (Wildman–Crippen LogP) is -0.628. The second-order valence-corrected chi connectivity index (χ2v) is 6.78. The molecule has 0 saturated heterocycles. The lowest BCUT2D eigenvalue weighted by Crippen LogP contribution is -2.28. The van der Waals surface area contributed by atoms with Gasteiger partial charge in [-0.2, -0.15) is 13.1 Å². The predicted molar refractivity (Wildman–Crippen MR) is 58.6 cm³/mol. The Morgan fingerprint density at radius 2 is 1.81 bits per heavy atom. The molecule has 0 aromatic heterocycles. The average molecular weight is 270 g/mol. The van der Waals surface area contributed by atoms with Crippen LogP contribution in [-0.4, -0.2) is 41.0 Å². The van der Waals surface area contributed by atoms with E-state index in [1.807, 2.05) is 11.6 Å². The largest absolute Gasteiger partial charge is 0.330 e. The first-order valence-electron chi connectivity index (χ1n) is 4.62. The fourth-order valence-electron chi connectivity index (χ4n) is 0.874. The van der Waals surface area contributed by atoms with Crippen LogP contribution in [0, 0.1) is 0 Å². The zero-order chi connectivity index (χ0) is 12.7. The van der Waals surface area contributed by atoms with Crippen molar-refractivity contribution in [3.05, 3.63) is 0 Å². The van der Waals surface area contributed by atoms with Crippen molar-refractivity contribution in [2.24, 2.45) is 4.40 Å². The molecule has 1 N–H and O–H groups in total. The van der Waals surface area contributed by atoms with Crippen LogP contribution >= 0.6 is 0 Å². The lowest BCUT2D eigenvalue weighted by molar-refractivity contribution is 0.562. The molecule has 0 saturated carbocycles.